The summed E-state index contributed by atoms with van der Waals surface area (Å²) in [6.45, 7) is 0. The average Bonchev–Trinajstić information content (AvgIpc) is 0. The van der Waals surface area contributed by atoms with Crippen molar-refractivity contribution < 1.29 is 100 Å². The molecule has 0 aliphatic rings. The van der Waals surface area contributed by atoms with Crippen molar-refractivity contribution in [1.82, 2.24) is 0 Å². The first-order chi connectivity index (χ1) is 0. The molecule has 0 amide bonds. The normalized spacial score (nSPS) is 0. The third-order valence-electron chi connectivity index (χ3n) is 0. The molecule has 0 unspecified atom stereocenters. The fourth-order valence-corrected chi connectivity index (χ4v) is 0. The molecule has 0 heterocycles. The fourth-order valence-electron chi connectivity index (χ4n) is 0. The first-order valence-corrected chi connectivity index (χ1v) is 0. The summed E-state index contributed by atoms with van der Waals surface area (Å²) in [7, 11) is 0. The zero-order chi connectivity index (χ0) is 0. The average molecular weight is 171 g/mol. The minimum Gasteiger partial charge on any atom is -1.00 e. The SMILES string of the molecule is O.O.O.[Cl-].[Cl-].[Na+].[Na+]. The minimum absolute atomic E-state index is 0. The molecular weight excluding hydrogens is 165 g/mol. The molecule has 7 heteroatoms. The third kappa shape index (κ3) is 58.3. The summed E-state index contributed by atoms with van der Waals surface area (Å²) < 4.78 is 0. The van der Waals surface area contributed by atoms with Crippen LogP contribution < -0.4 is 83.9 Å². The predicted octanol–water partition coefficient (Wildman–Crippen LogP) is -14.5. The van der Waals surface area contributed by atoms with Crippen LogP contribution in [-0.2, 0) is 0 Å². The van der Waals surface area contributed by atoms with Gasteiger partial charge in [-0.05, 0) is 0 Å². The quantitative estimate of drug-likeness (QED) is 0.323. The Kier molecular flexibility index (Phi) is 1240. The van der Waals surface area contributed by atoms with Crippen LogP contribution in [0.2, 0.25) is 0 Å². The van der Waals surface area contributed by atoms with Gasteiger partial charge in [-0.25, -0.2) is 0 Å². The van der Waals surface area contributed by atoms with Crippen LogP contribution >= 0.6 is 0 Å². The first-order valence-electron chi connectivity index (χ1n) is 0. The van der Waals surface area contributed by atoms with E-state index in [2.05, 4.69) is 0 Å². The summed E-state index contributed by atoms with van der Waals surface area (Å²) >= 11 is 0. The Labute approximate surface area is 98.9 Å². The Morgan fingerprint density at radius 1 is 0.429 bits per heavy atom. The van der Waals surface area contributed by atoms with Crippen LogP contribution in [0.4, 0.5) is 0 Å². The van der Waals surface area contributed by atoms with E-state index in [9.17, 15) is 0 Å². The maximum absolute atomic E-state index is 0. The first kappa shape index (κ1) is 112. The third-order valence-corrected chi connectivity index (χ3v) is 0. The molecule has 0 spiro atoms. The molecule has 0 rings (SSSR count). The van der Waals surface area contributed by atoms with Crippen LogP contribution in [0.25, 0.3) is 0 Å². The van der Waals surface area contributed by atoms with Gasteiger partial charge in [-0.1, -0.05) is 0 Å². The maximum Gasteiger partial charge on any atom is 1.00 e. The molecule has 0 aromatic heterocycles. The summed E-state index contributed by atoms with van der Waals surface area (Å²) in [5.74, 6) is 0. The van der Waals surface area contributed by atoms with Crippen molar-refractivity contribution in [3.05, 3.63) is 0 Å². The second-order valence-electron chi connectivity index (χ2n) is 0. The van der Waals surface area contributed by atoms with E-state index in [-0.39, 0.29) is 100 Å². The molecule has 3 nitrogen and oxygen atoms in total. The Bertz CT molecular complexity index is 10.9. The molecule has 0 radical (unpaired) electrons. The summed E-state index contributed by atoms with van der Waals surface area (Å²) in [4.78, 5) is 0. The van der Waals surface area contributed by atoms with Crippen LogP contribution in [-0.4, -0.2) is 16.4 Å². The van der Waals surface area contributed by atoms with Gasteiger partial charge in [-0.3, -0.25) is 0 Å². The molecule has 0 atom stereocenters. The smallest absolute Gasteiger partial charge is 1.00 e. The molecule has 6 N–H and O–H groups in total. The van der Waals surface area contributed by atoms with E-state index in [1.165, 1.54) is 0 Å². The van der Waals surface area contributed by atoms with Crippen molar-refractivity contribution in [2.75, 3.05) is 0 Å². The molecule has 0 bridgehead atoms. The van der Waals surface area contributed by atoms with E-state index in [1.54, 1.807) is 0 Å². The molecular formula is H6Cl2Na2O3. The molecule has 0 fully saturated rings. The number of hydrogen-bond acceptors (Lipinski definition) is 0. The molecule has 0 aliphatic heterocycles. The standard InChI is InChI=1S/2ClH.2Na.3H2O/h2*1H;;;3*1H2/q;;2*+1;;;/p-2. The molecule has 0 aromatic rings. The summed E-state index contributed by atoms with van der Waals surface area (Å²) in [6, 6.07) is 0. The van der Waals surface area contributed by atoms with Gasteiger partial charge in [0.25, 0.3) is 0 Å². The van der Waals surface area contributed by atoms with Gasteiger partial charge in [0.2, 0.25) is 0 Å². The van der Waals surface area contributed by atoms with E-state index in [4.69, 9.17) is 0 Å². The van der Waals surface area contributed by atoms with Gasteiger partial charge in [0.1, 0.15) is 0 Å². The fraction of sp³-hybridized carbons (Fsp3) is 0. The van der Waals surface area contributed by atoms with E-state index < -0.39 is 0 Å². The second kappa shape index (κ2) is 77.8. The minimum atomic E-state index is 0. The zero-order valence-electron chi connectivity index (χ0n) is 4.26. The summed E-state index contributed by atoms with van der Waals surface area (Å²) in [6.07, 6.45) is 0. The van der Waals surface area contributed by atoms with Gasteiger partial charge in [0, 0.05) is 0 Å². The van der Waals surface area contributed by atoms with Crippen LogP contribution in [0.3, 0.4) is 0 Å². The van der Waals surface area contributed by atoms with Gasteiger partial charge in [0.05, 0.1) is 0 Å². The Hall–Kier alpha value is 2.46. The van der Waals surface area contributed by atoms with E-state index in [0.717, 1.165) is 0 Å². The van der Waals surface area contributed by atoms with Crippen LogP contribution in [0.1, 0.15) is 0 Å². The van der Waals surface area contributed by atoms with Gasteiger partial charge in [-0.2, -0.15) is 0 Å². The van der Waals surface area contributed by atoms with Gasteiger partial charge in [0.15, 0.2) is 0 Å². The van der Waals surface area contributed by atoms with E-state index in [0.29, 0.717) is 0 Å². The molecule has 0 aliphatic carbocycles. The van der Waals surface area contributed by atoms with Crippen LogP contribution in [0.5, 0.6) is 0 Å². The van der Waals surface area contributed by atoms with Crippen molar-refractivity contribution in [1.29, 1.82) is 0 Å². The molecule has 7 heavy (non-hydrogen) atoms. The van der Waals surface area contributed by atoms with Gasteiger partial charge >= 0.3 is 59.1 Å². The summed E-state index contributed by atoms with van der Waals surface area (Å²) in [5.41, 5.74) is 0. The largest absolute Gasteiger partial charge is 1.00 e. The van der Waals surface area contributed by atoms with Crippen molar-refractivity contribution >= 4 is 0 Å². The Balaban J connectivity index is 0. The van der Waals surface area contributed by atoms with Crippen LogP contribution in [0, 0.1) is 0 Å². The maximum atomic E-state index is 0. The summed E-state index contributed by atoms with van der Waals surface area (Å²) in [5, 5.41) is 0. The van der Waals surface area contributed by atoms with Crippen molar-refractivity contribution in [2.45, 2.75) is 0 Å². The van der Waals surface area contributed by atoms with E-state index >= 15 is 0 Å². The number of halogens is 2. The van der Waals surface area contributed by atoms with Crippen molar-refractivity contribution in [3.63, 3.8) is 0 Å². The van der Waals surface area contributed by atoms with Gasteiger partial charge < -0.3 is 41.2 Å². The molecule has 0 saturated carbocycles. The van der Waals surface area contributed by atoms with Crippen LogP contribution in [0.15, 0.2) is 0 Å². The molecule has 0 aromatic carbocycles. The zero-order valence-corrected chi connectivity index (χ0v) is 9.77. The number of rotatable bonds is 0. The number of hydrogen-bond donors (Lipinski definition) is 0. The monoisotopic (exact) mass is 170 g/mol. The Morgan fingerprint density at radius 3 is 0.429 bits per heavy atom. The van der Waals surface area contributed by atoms with E-state index in [1.807, 2.05) is 0 Å². The van der Waals surface area contributed by atoms with Crippen molar-refractivity contribution in [3.8, 4) is 0 Å². The predicted molar refractivity (Wildman–Crippen MR) is 10.8 cm³/mol. The van der Waals surface area contributed by atoms with Crippen molar-refractivity contribution in [2.24, 2.45) is 0 Å². The topological polar surface area (TPSA) is 94.5 Å². The molecule has 0 saturated heterocycles. The molecule has 40 valence electrons. The van der Waals surface area contributed by atoms with Gasteiger partial charge in [-0.15, -0.1) is 0 Å². The Morgan fingerprint density at radius 2 is 0.429 bits per heavy atom. The second-order valence-corrected chi connectivity index (χ2v) is 0.